The van der Waals surface area contributed by atoms with Crippen molar-refractivity contribution in [2.24, 2.45) is 52.3 Å². The van der Waals surface area contributed by atoms with E-state index >= 15 is 0 Å². The Labute approximate surface area is 184 Å². The van der Waals surface area contributed by atoms with E-state index in [0.29, 0.717) is 35.7 Å². The highest BCUT2D eigenvalue weighted by Crippen LogP contribution is 2.68. The number of carbonyl (C=O) groups is 1. The second-order valence-electron chi connectivity index (χ2n) is 12.2. The Morgan fingerprint density at radius 1 is 1.03 bits per heavy atom. The highest BCUT2D eigenvalue weighted by molar-refractivity contribution is 5.68. The van der Waals surface area contributed by atoms with Crippen LogP contribution < -0.4 is 0 Å². The Bertz CT molecular complexity index is 617. The molecule has 9 atom stereocenters. The fraction of sp³-hybridized carbons (Fsp3) is 0.963. The Balaban J connectivity index is 1.43. The molecule has 1 unspecified atom stereocenters. The SMILES string of the molecule is COC(=O)CCC[C@@H](C)[C@H]1CC[C@H]2[C@@H]3CC[C@H]4CC(CO)CC[C@]4(C)[C@H]3CC[C@]12C. The summed E-state index contributed by atoms with van der Waals surface area (Å²) in [5.74, 6) is 5.67. The maximum atomic E-state index is 11.5. The lowest BCUT2D eigenvalue weighted by atomic mass is 9.44. The van der Waals surface area contributed by atoms with Crippen LogP contribution in [-0.2, 0) is 9.53 Å². The van der Waals surface area contributed by atoms with Gasteiger partial charge in [-0.25, -0.2) is 0 Å². The van der Waals surface area contributed by atoms with E-state index in [1.54, 1.807) is 0 Å². The number of fused-ring (bicyclic) bond motifs is 5. The van der Waals surface area contributed by atoms with Crippen molar-refractivity contribution in [3.63, 3.8) is 0 Å². The lowest BCUT2D eigenvalue weighted by Crippen LogP contribution is -2.53. The summed E-state index contributed by atoms with van der Waals surface area (Å²) in [6.45, 7) is 8.12. The number of ether oxygens (including phenoxy) is 1. The summed E-state index contributed by atoms with van der Waals surface area (Å²) >= 11 is 0. The van der Waals surface area contributed by atoms with E-state index in [2.05, 4.69) is 20.8 Å². The van der Waals surface area contributed by atoms with Crippen LogP contribution in [0.5, 0.6) is 0 Å². The molecule has 3 nitrogen and oxygen atoms in total. The molecular weight excluding hydrogens is 372 g/mol. The van der Waals surface area contributed by atoms with E-state index in [0.717, 1.165) is 36.0 Å². The van der Waals surface area contributed by atoms with Crippen molar-refractivity contribution in [1.82, 2.24) is 0 Å². The number of carbonyl (C=O) groups excluding carboxylic acids is 1. The number of aliphatic hydroxyl groups is 1. The molecule has 1 N–H and O–H groups in total. The Hall–Kier alpha value is -0.570. The first-order valence-electron chi connectivity index (χ1n) is 13.0. The third-order valence-electron chi connectivity index (χ3n) is 11.1. The van der Waals surface area contributed by atoms with Gasteiger partial charge in [-0.3, -0.25) is 4.79 Å². The van der Waals surface area contributed by atoms with Gasteiger partial charge in [-0.05, 0) is 123 Å². The van der Waals surface area contributed by atoms with Crippen LogP contribution >= 0.6 is 0 Å². The summed E-state index contributed by atoms with van der Waals surface area (Å²) in [6.07, 6.45) is 15.1. The van der Waals surface area contributed by atoms with Gasteiger partial charge in [0.1, 0.15) is 0 Å². The van der Waals surface area contributed by atoms with E-state index in [9.17, 15) is 9.90 Å². The van der Waals surface area contributed by atoms with E-state index < -0.39 is 0 Å². The zero-order valence-corrected chi connectivity index (χ0v) is 20.0. The number of aliphatic hydroxyl groups excluding tert-OH is 1. The van der Waals surface area contributed by atoms with E-state index in [-0.39, 0.29) is 5.97 Å². The molecule has 4 aliphatic carbocycles. The van der Waals surface area contributed by atoms with Crippen molar-refractivity contribution in [2.45, 2.75) is 97.8 Å². The number of rotatable bonds is 6. The van der Waals surface area contributed by atoms with Gasteiger partial charge >= 0.3 is 5.97 Å². The normalized spacial score (nSPS) is 46.4. The third-order valence-corrected chi connectivity index (χ3v) is 11.1. The molecule has 4 rings (SSSR count). The van der Waals surface area contributed by atoms with Crippen LogP contribution in [0, 0.1) is 52.3 Å². The van der Waals surface area contributed by atoms with Crippen LogP contribution in [-0.4, -0.2) is 24.8 Å². The Morgan fingerprint density at radius 3 is 2.50 bits per heavy atom. The molecule has 0 aromatic carbocycles. The van der Waals surface area contributed by atoms with Gasteiger partial charge in [0, 0.05) is 13.0 Å². The zero-order chi connectivity index (χ0) is 21.5. The highest BCUT2D eigenvalue weighted by Gasteiger charge is 2.60. The molecule has 0 aromatic rings. The quantitative estimate of drug-likeness (QED) is 0.520. The first-order chi connectivity index (χ1) is 14.3. The smallest absolute Gasteiger partial charge is 0.305 e. The summed E-state index contributed by atoms with van der Waals surface area (Å²) in [5, 5.41) is 9.72. The van der Waals surface area contributed by atoms with Crippen molar-refractivity contribution < 1.29 is 14.6 Å². The zero-order valence-electron chi connectivity index (χ0n) is 20.0. The first kappa shape index (κ1) is 22.6. The molecule has 0 bridgehead atoms. The van der Waals surface area contributed by atoms with E-state index in [1.807, 2.05) is 0 Å². The summed E-state index contributed by atoms with van der Waals surface area (Å²) in [4.78, 5) is 11.5. The average molecular weight is 419 g/mol. The molecule has 4 saturated carbocycles. The second kappa shape index (κ2) is 8.75. The van der Waals surface area contributed by atoms with Crippen molar-refractivity contribution in [3.8, 4) is 0 Å². The van der Waals surface area contributed by atoms with Gasteiger partial charge in [-0.2, -0.15) is 0 Å². The van der Waals surface area contributed by atoms with Crippen LogP contribution in [0.25, 0.3) is 0 Å². The average Bonchev–Trinajstić information content (AvgIpc) is 3.10. The predicted octanol–water partition coefficient (Wildman–Crippen LogP) is 6.23. The maximum Gasteiger partial charge on any atom is 0.305 e. The fourth-order valence-corrected chi connectivity index (χ4v) is 9.36. The number of methoxy groups -OCH3 is 1. The minimum atomic E-state index is -0.0564. The standard InChI is InChI=1S/C27H46O3/c1-18(6-5-7-25(29)30-4)22-10-11-23-21-9-8-20-16-19(17-28)12-14-26(20,2)24(21)13-15-27(22,23)3/h18-24,28H,5-17H2,1-4H3/t18-,19?,20+,21+,22-,23+,24+,26+,27-/m1/s1. The van der Waals surface area contributed by atoms with Crippen molar-refractivity contribution in [3.05, 3.63) is 0 Å². The van der Waals surface area contributed by atoms with E-state index in [4.69, 9.17) is 4.74 Å². The third kappa shape index (κ3) is 3.76. The largest absolute Gasteiger partial charge is 0.469 e. The molecular formula is C27H46O3. The molecule has 4 fully saturated rings. The van der Waals surface area contributed by atoms with Gasteiger partial charge in [0.2, 0.25) is 0 Å². The molecule has 0 aliphatic heterocycles. The van der Waals surface area contributed by atoms with Crippen molar-refractivity contribution in [1.29, 1.82) is 0 Å². The molecule has 0 radical (unpaired) electrons. The van der Waals surface area contributed by atoms with E-state index in [1.165, 1.54) is 71.3 Å². The second-order valence-corrected chi connectivity index (χ2v) is 12.2. The lowest BCUT2D eigenvalue weighted by molar-refractivity contribution is -0.140. The molecule has 0 amide bonds. The summed E-state index contributed by atoms with van der Waals surface area (Å²) in [5.41, 5.74) is 1.04. The number of hydrogen-bond donors (Lipinski definition) is 1. The number of esters is 1. The van der Waals surface area contributed by atoms with Gasteiger partial charge in [-0.15, -0.1) is 0 Å². The van der Waals surface area contributed by atoms with Crippen LogP contribution in [0.4, 0.5) is 0 Å². The molecule has 4 aliphatic rings. The molecule has 172 valence electrons. The lowest BCUT2D eigenvalue weighted by Gasteiger charge is -2.61. The topological polar surface area (TPSA) is 46.5 Å². The molecule has 0 aromatic heterocycles. The summed E-state index contributed by atoms with van der Waals surface area (Å²) < 4.78 is 4.84. The molecule has 3 heteroatoms. The highest BCUT2D eigenvalue weighted by atomic mass is 16.5. The maximum absolute atomic E-state index is 11.5. The predicted molar refractivity (Wildman–Crippen MR) is 121 cm³/mol. The molecule has 0 heterocycles. The summed E-state index contributed by atoms with van der Waals surface area (Å²) in [6, 6.07) is 0. The minimum Gasteiger partial charge on any atom is -0.469 e. The van der Waals surface area contributed by atoms with Crippen molar-refractivity contribution >= 4 is 5.97 Å². The van der Waals surface area contributed by atoms with Crippen LogP contribution in [0.3, 0.4) is 0 Å². The van der Waals surface area contributed by atoms with Crippen LogP contribution in [0.2, 0.25) is 0 Å². The van der Waals surface area contributed by atoms with Gasteiger partial charge < -0.3 is 9.84 Å². The number of hydrogen-bond acceptors (Lipinski definition) is 3. The molecule has 30 heavy (non-hydrogen) atoms. The van der Waals surface area contributed by atoms with Gasteiger partial charge in [0.05, 0.1) is 7.11 Å². The Morgan fingerprint density at radius 2 is 1.77 bits per heavy atom. The van der Waals surface area contributed by atoms with Gasteiger partial charge in [0.25, 0.3) is 0 Å². The van der Waals surface area contributed by atoms with Crippen molar-refractivity contribution in [2.75, 3.05) is 13.7 Å². The molecule has 0 saturated heterocycles. The molecule has 0 spiro atoms. The van der Waals surface area contributed by atoms with Crippen LogP contribution in [0.1, 0.15) is 97.8 Å². The van der Waals surface area contributed by atoms with Crippen LogP contribution in [0.15, 0.2) is 0 Å². The minimum absolute atomic E-state index is 0.0564. The monoisotopic (exact) mass is 418 g/mol. The fourth-order valence-electron chi connectivity index (χ4n) is 9.36. The Kier molecular flexibility index (Phi) is 6.60. The van der Waals surface area contributed by atoms with Gasteiger partial charge in [-0.1, -0.05) is 20.8 Å². The first-order valence-corrected chi connectivity index (χ1v) is 13.0. The van der Waals surface area contributed by atoms with Gasteiger partial charge in [0.15, 0.2) is 0 Å². The summed E-state index contributed by atoms with van der Waals surface area (Å²) in [7, 11) is 1.50.